The van der Waals surface area contributed by atoms with E-state index in [0.29, 0.717) is 6.04 Å². The molecular formula is C21H22N4. The van der Waals surface area contributed by atoms with E-state index in [1.807, 2.05) is 6.20 Å². The van der Waals surface area contributed by atoms with Crippen LogP contribution in [0.15, 0.2) is 42.7 Å². The lowest BCUT2D eigenvalue weighted by molar-refractivity contribution is 0.342. The summed E-state index contributed by atoms with van der Waals surface area (Å²) in [6.07, 6.45) is 7.43. The molecule has 4 nitrogen and oxygen atoms in total. The fourth-order valence-electron chi connectivity index (χ4n) is 4.27. The van der Waals surface area contributed by atoms with Gasteiger partial charge < -0.3 is 5.32 Å². The summed E-state index contributed by atoms with van der Waals surface area (Å²) < 4.78 is 2.19. The van der Waals surface area contributed by atoms with Crippen molar-refractivity contribution in [3.8, 4) is 22.3 Å². The minimum Gasteiger partial charge on any atom is -0.317 e. The van der Waals surface area contributed by atoms with Crippen LogP contribution in [0.2, 0.25) is 0 Å². The zero-order valence-electron chi connectivity index (χ0n) is 14.5. The first-order valence-corrected chi connectivity index (χ1v) is 9.14. The number of aromatic nitrogens is 3. The van der Waals surface area contributed by atoms with Crippen molar-refractivity contribution in [3.63, 3.8) is 0 Å². The highest BCUT2D eigenvalue weighted by Gasteiger charge is 2.25. The van der Waals surface area contributed by atoms with Crippen LogP contribution in [0.1, 0.15) is 35.8 Å². The monoisotopic (exact) mass is 330 g/mol. The molecule has 1 aliphatic heterocycles. The van der Waals surface area contributed by atoms with Gasteiger partial charge in [0.1, 0.15) is 0 Å². The molecule has 3 heterocycles. The van der Waals surface area contributed by atoms with E-state index in [1.165, 1.54) is 33.5 Å². The lowest BCUT2D eigenvalue weighted by Crippen LogP contribution is -2.29. The number of nitrogens with zero attached hydrogens (tertiary/aromatic N) is 3. The summed E-state index contributed by atoms with van der Waals surface area (Å²) in [6, 6.07) is 11.3. The van der Waals surface area contributed by atoms with Crippen molar-refractivity contribution in [3.05, 3.63) is 59.7 Å². The fraction of sp³-hybridized carbons (Fsp3) is 0.333. The molecule has 1 saturated heterocycles. The molecule has 25 heavy (non-hydrogen) atoms. The number of nitrogens with one attached hydrogen (secondary N) is 1. The van der Waals surface area contributed by atoms with Crippen LogP contribution in [-0.2, 0) is 6.42 Å². The van der Waals surface area contributed by atoms with Crippen molar-refractivity contribution in [2.45, 2.75) is 32.2 Å². The van der Waals surface area contributed by atoms with E-state index < -0.39 is 0 Å². The van der Waals surface area contributed by atoms with Gasteiger partial charge in [-0.05, 0) is 55.6 Å². The quantitative estimate of drug-likeness (QED) is 0.609. The second-order valence-electron chi connectivity index (χ2n) is 7.10. The van der Waals surface area contributed by atoms with Gasteiger partial charge in [-0.2, -0.15) is 5.10 Å². The molecular weight excluding hydrogens is 308 g/mol. The lowest BCUT2D eigenvalue weighted by atomic mass is 9.97. The van der Waals surface area contributed by atoms with Gasteiger partial charge in [0, 0.05) is 29.9 Å². The van der Waals surface area contributed by atoms with Gasteiger partial charge in [-0.1, -0.05) is 24.3 Å². The second-order valence-corrected chi connectivity index (χ2v) is 7.10. The minimum absolute atomic E-state index is 0.510. The Hall–Kier alpha value is -2.46. The third kappa shape index (κ3) is 2.40. The van der Waals surface area contributed by atoms with Gasteiger partial charge in [0.2, 0.25) is 0 Å². The SMILES string of the molecule is Cc1nn(C2CCNCC2)cc1-c1ccnc2c1-c1ccccc1C2. The minimum atomic E-state index is 0.510. The summed E-state index contributed by atoms with van der Waals surface area (Å²) in [5.74, 6) is 0. The summed E-state index contributed by atoms with van der Waals surface area (Å²) in [4.78, 5) is 4.65. The molecule has 5 rings (SSSR count). The smallest absolute Gasteiger partial charge is 0.0672 e. The molecule has 126 valence electrons. The number of hydrogen-bond donors (Lipinski definition) is 1. The fourth-order valence-corrected chi connectivity index (χ4v) is 4.27. The predicted molar refractivity (Wildman–Crippen MR) is 99.6 cm³/mol. The lowest BCUT2D eigenvalue weighted by Gasteiger charge is -2.22. The normalized spacial score (nSPS) is 16.7. The summed E-state index contributed by atoms with van der Waals surface area (Å²) in [6.45, 7) is 4.29. The highest BCUT2D eigenvalue weighted by atomic mass is 15.3. The van der Waals surface area contributed by atoms with Crippen molar-refractivity contribution >= 4 is 0 Å². The molecule has 2 aromatic heterocycles. The van der Waals surface area contributed by atoms with Crippen molar-refractivity contribution < 1.29 is 0 Å². The van der Waals surface area contributed by atoms with Crippen LogP contribution in [0.3, 0.4) is 0 Å². The topological polar surface area (TPSA) is 42.7 Å². The van der Waals surface area contributed by atoms with E-state index in [4.69, 9.17) is 5.10 Å². The molecule has 0 amide bonds. The third-order valence-corrected chi connectivity index (χ3v) is 5.56. The Morgan fingerprint density at radius 3 is 2.76 bits per heavy atom. The molecule has 0 atom stereocenters. The first kappa shape index (κ1) is 14.8. The molecule has 4 heteroatoms. The first-order valence-electron chi connectivity index (χ1n) is 9.14. The predicted octanol–water partition coefficient (Wildman–Crippen LogP) is 3.75. The number of rotatable bonds is 2. The van der Waals surface area contributed by atoms with E-state index in [1.54, 1.807) is 0 Å². The molecule has 0 radical (unpaired) electrons. The maximum absolute atomic E-state index is 4.86. The molecule has 0 bridgehead atoms. The van der Waals surface area contributed by atoms with Gasteiger partial charge in [-0.3, -0.25) is 9.67 Å². The molecule has 1 N–H and O–H groups in total. The van der Waals surface area contributed by atoms with Crippen LogP contribution in [0, 0.1) is 6.92 Å². The summed E-state index contributed by atoms with van der Waals surface area (Å²) >= 11 is 0. The second kappa shape index (κ2) is 5.81. The van der Waals surface area contributed by atoms with Gasteiger partial charge in [0.25, 0.3) is 0 Å². The van der Waals surface area contributed by atoms with Gasteiger partial charge >= 0.3 is 0 Å². The average Bonchev–Trinajstić information content (AvgIpc) is 3.23. The number of fused-ring (bicyclic) bond motifs is 3. The maximum Gasteiger partial charge on any atom is 0.0672 e. The van der Waals surface area contributed by atoms with E-state index >= 15 is 0 Å². The number of hydrogen-bond acceptors (Lipinski definition) is 3. The largest absolute Gasteiger partial charge is 0.317 e. The van der Waals surface area contributed by atoms with Crippen molar-refractivity contribution in [1.82, 2.24) is 20.1 Å². The molecule has 0 spiro atoms. The van der Waals surface area contributed by atoms with Crippen molar-refractivity contribution in [2.24, 2.45) is 0 Å². The number of pyridine rings is 1. The van der Waals surface area contributed by atoms with Gasteiger partial charge in [0.05, 0.1) is 17.4 Å². The number of benzene rings is 1. The molecule has 1 aliphatic carbocycles. The van der Waals surface area contributed by atoms with Gasteiger partial charge in [-0.25, -0.2) is 0 Å². The Bertz CT molecular complexity index is 935. The Balaban J connectivity index is 1.62. The van der Waals surface area contributed by atoms with Crippen LogP contribution < -0.4 is 5.32 Å². The van der Waals surface area contributed by atoms with Crippen LogP contribution in [0.4, 0.5) is 0 Å². The standard InChI is InChI=1S/C21H22N4/c1-14-19(13-25(24-14)16-6-9-22-10-7-16)18-8-11-23-20-12-15-4-2-3-5-17(15)21(18)20/h2-5,8,11,13,16,22H,6-7,9-10,12H2,1H3. The van der Waals surface area contributed by atoms with Crippen LogP contribution in [0.5, 0.6) is 0 Å². The maximum atomic E-state index is 4.86. The number of aryl methyl sites for hydroxylation is 1. The Morgan fingerprint density at radius 1 is 1.04 bits per heavy atom. The molecule has 1 fully saturated rings. The van der Waals surface area contributed by atoms with Gasteiger partial charge in [-0.15, -0.1) is 0 Å². The van der Waals surface area contributed by atoms with Crippen LogP contribution >= 0.6 is 0 Å². The van der Waals surface area contributed by atoms with Crippen molar-refractivity contribution in [1.29, 1.82) is 0 Å². The van der Waals surface area contributed by atoms with Crippen LogP contribution in [0.25, 0.3) is 22.3 Å². The Kier molecular flexibility index (Phi) is 3.45. The molecule has 0 unspecified atom stereocenters. The van der Waals surface area contributed by atoms with Gasteiger partial charge in [0.15, 0.2) is 0 Å². The zero-order valence-corrected chi connectivity index (χ0v) is 14.5. The summed E-state index contributed by atoms with van der Waals surface area (Å²) in [5.41, 5.74) is 8.81. The van der Waals surface area contributed by atoms with E-state index in [2.05, 4.69) is 58.4 Å². The van der Waals surface area contributed by atoms with Crippen LogP contribution in [-0.4, -0.2) is 27.9 Å². The summed E-state index contributed by atoms with van der Waals surface area (Å²) in [5, 5.41) is 8.29. The third-order valence-electron chi connectivity index (χ3n) is 5.56. The summed E-state index contributed by atoms with van der Waals surface area (Å²) in [7, 11) is 0. The number of piperidine rings is 1. The molecule has 3 aromatic rings. The van der Waals surface area contributed by atoms with E-state index in [0.717, 1.165) is 38.0 Å². The highest BCUT2D eigenvalue weighted by Crippen LogP contribution is 2.42. The van der Waals surface area contributed by atoms with E-state index in [-0.39, 0.29) is 0 Å². The van der Waals surface area contributed by atoms with E-state index in [9.17, 15) is 0 Å². The average molecular weight is 330 g/mol. The van der Waals surface area contributed by atoms with Crippen molar-refractivity contribution in [2.75, 3.05) is 13.1 Å². The molecule has 2 aliphatic rings. The molecule has 1 aromatic carbocycles. The Labute approximate surface area is 147 Å². The zero-order chi connectivity index (χ0) is 16.8. The highest BCUT2D eigenvalue weighted by molar-refractivity contribution is 5.89. The Morgan fingerprint density at radius 2 is 1.88 bits per heavy atom. The molecule has 0 saturated carbocycles. The first-order chi connectivity index (χ1) is 12.3.